The number of ether oxygens (including phenoxy) is 1. The third-order valence-electron chi connectivity index (χ3n) is 5.84. The van der Waals surface area contributed by atoms with Crippen LogP contribution in [0.2, 0.25) is 0 Å². The molecule has 0 aromatic rings. The molecule has 2 heterocycles. The number of hydrazine groups is 1. The first-order chi connectivity index (χ1) is 12.5. The van der Waals surface area contributed by atoms with E-state index in [1.54, 1.807) is 6.92 Å². The molecule has 1 saturated carbocycles. The van der Waals surface area contributed by atoms with Crippen LogP contribution in [0.15, 0.2) is 0 Å². The molecule has 3 rings (SSSR count). The van der Waals surface area contributed by atoms with Crippen LogP contribution in [0, 0.1) is 11.8 Å². The van der Waals surface area contributed by atoms with Crippen molar-refractivity contribution in [3.05, 3.63) is 0 Å². The van der Waals surface area contributed by atoms with Gasteiger partial charge in [-0.05, 0) is 31.6 Å². The third kappa shape index (κ3) is 4.33. The summed E-state index contributed by atoms with van der Waals surface area (Å²) in [5, 5.41) is 6.17. The van der Waals surface area contributed by atoms with E-state index in [0.717, 1.165) is 26.2 Å². The van der Waals surface area contributed by atoms with Gasteiger partial charge in [0.25, 0.3) is 0 Å². The van der Waals surface area contributed by atoms with E-state index in [9.17, 15) is 14.0 Å². The molecular formula is C17H30FN5O3. The summed E-state index contributed by atoms with van der Waals surface area (Å²) in [5.74, 6) is -1.29. The Morgan fingerprint density at radius 3 is 2.65 bits per heavy atom. The summed E-state index contributed by atoms with van der Waals surface area (Å²) in [6.45, 7) is 4.59. The highest BCUT2D eigenvalue weighted by molar-refractivity contribution is 5.83. The number of esters is 1. The van der Waals surface area contributed by atoms with E-state index in [0.29, 0.717) is 12.8 Å². The standard InChI is InChI=1S/C17H30FN5O3/c1-10-7-11(17(25)26-2)14(8-12(10)18)20-16(24)13-3-4-15(22-21-13)23-6-5-19-9-23/h10-15,19,21-22H,3-9H2,1-2H3,(H,20,24). The van der Waals surface area contributed by atoms with Gasteiger partial charge in [-0.2, -0.15) is 0 Å². The van der Waals surface area contributed by atoms with Gasteiger partial charge in [0, 0.05) is 25.8 Å². The van der Waals surface area contributed by atoms with E-state index >= 15 is 0 Å². The van der Waals surface area contributed by atoms with Gasteiger partial charge < -0.3 is 15.4 Å². The number of alkyl halides is 1. The summed E-state index contributed by atoms with van der Waals surface area (Å²) < 4.78 is 19.0. The maximum absolute atomic E-state index is 14.1. The first kappa shape index (κ1) is 19.5. The Kier molecular flexibility index (Phi) is 6.44. The van der Waals surface area contributed by atoms with Crippen molar-refractivity contribution in [2.45, 2.75) is 57.0 Å². The van der Waals surface area contributed by atoms with E-state index < -0.39 is 24.2 Å². The number of hydrogen-bond acceptors (Lipinski definition) is 7. The number of nitrogens with one attached hydrogen (secondary N) is 4. The van der Waals surface area contributed by atoms with Crippen molar-refractivity contribution >= 4 is 11.9 Å². The summed E-state index contributed by atoms with van der Waals surface area (Å²) in [7, 11) is 1.33. The Morgan fingerprint density at radius 1 is 1.23 bits per heavy atom. The van der Waals surface area contributed by atoms with Gasteiger partial charge in [-0.25, -0.2) is 15.2 Å². The average molecular weight is 371 g/mol. The van der Waals surface area contributed by atoms with Crippen molar-refractivity contribution in [2.75, 3.05) is 26.9 Å². The maximum Gasteiger partial charge on any atom is 0.310 e. The van der Waals surface area contributed by atoms with Crippen molar-refractivity contribution in [1.82, 2.24) is 26.4 Å². The number of hydrogen-bond donors (Lipinski definition) is 4. The normalized spacial score (nSPS) is 38.7. The van der Waals surface area contributed by atoms with E-state index in [-0.39, 0.29) is 30.4 Å². The molecule has 0 aromatic heterocycles. The predicted octanol–water partition coefficient (Wildman–Crippen LogP) is -0.526. The number of amides is 1. The van der Waals surface area contributed by atoms with Gasteiger partial charge in [-0.15, -0.1) is 0 Å². The van der Waals surface area contributed by atoms with Gasteiger partial charge in [0.05, 0.1) is 19.2 Å². The van der Waals surface area contributed by atoms with Crippen LogP contribution >= 0.6 is 0 Å². The minimum Gasteiger partial charge on any atom is -0.469 e. The van der Waals surface area contributed by atoms with Crippen LogP contribution < -0.4 is 21.5 Å². The Labute approximate surface area is 153 Å². The lowest BCUT2D eigenvalue weighted by Crippen LogP contribution is -2.63. The van der Waals surface area contributed by atoms with E-state index in [2.05, 4.69) is 26.4 Å². The van der Waals surface area contributed by atoms with Gasteiger partial charge in [0.15, 0.2) is 0 Å². The van der Waals surface area contributed by atoms with Gasteiger partial charge >= 0.3 is 5.97 Å². The van der Waals surface area contributed by atoms with E-state index in [4.69, 9.17) is 4.74 Å². The second-order valence-electron chi connectivity index (χ2n) is 7.61. The number of carbonyl (C=O) groups excluding carboxylic acids is 2. The van der Waals surface area contributed by atoms with Crippen molar-refractivity contribution < 1.29 is 18.7 Å². The lowest BCUT2D eigenvalue weighted by atomic mass is 9.77. The van der Waals surface area contributed by atoms with Crippen molar-refractivity contribution in [2.24, 2.45) is 11.8 Å². The fraction of sp³-hybridized carbons (Fsp3) is 0.882. The summed E-state index contributed by atoms with van der Waals surface area (Å²) in [5.41, 5.74) is 6.27. The van der Waals surface area contributed by atoms with Crippen molar-refractivity contribution in [1.29, 1.82) is 0 Å². The molecular weight excluding hydrogens is 341 g/mol. The molecule has 6 unspecified atom stereocenters. The predicted molar refractivity (Wildman–Crippen MR) is 93.4 cm³/mol. The molecule has 1 amide bonds. The number of rotatable bonds is 4. The first-order valence-electron chi connectivity index (χ1n) is 9.47. The van der Waals surface area contributed by atoms with Crippen LogP contribution in [0.5, 0.6) is 0 Å². The molecule has 2 aliphatic heterocycles. The molecule has 9 heteroatoms. The molecule has 148 valence electrons. The first-order valence-corrected chi connectivity index (χ1v) is 9.47. The second kappa shape index (κ2) is 8.60. The van der Waals surface area contributed by atoms with Crippen LogP contribution in [-0.2, 0) is 14.3 Å². The Hall–Kier alpha value is -1.29. The molecule has 2 saturated heterocycles. The van der Waals surface area contributed by atoms with Crippen molar-refractivity contribution in [3.8, 4) is 0 Å². The quantitative estimate of drug-likeness (QED) is 0.494. The highest BCUT2D eigenvalue weighted by atomic mass is 19.1. The third-order valence-corrected chi connectivity index (χ3v) is 5.84. The highest BCUT2D eigenvalue weighted by Crippen LogP contribution is 2.32. The van der Waals surface area contributed by atoms with Gasteiger partial charge in [-0.1, -0.05) is 6.92 Å². The molecule has 0 bridgehead atoms. The molecule has 0 aromatic carbocycles. The fourth-order valence-electron chi connectivity index (χ4n) is 4.13. The number of methoxy groups -OCH3 is 1. The maximum atomic E-state index is 14.1. The van der Waals surface area contributed by atoms with E-state index in [1.165, 1.54) is 7.11 Å². The van der Waals surface area contributed by atoms with Crippen LogP contribution in [-0.4, -0.2) is 68.1 Å². The van der Waals surface area contributed by atoms with Crippen LogP contribution in [0.1, 0.15) is 32.6 Å². The SMILES string of the molecule is COC(=O)C1CC(C)C(F)CC1NC(=O)C1CCC(N2CCNC2)NN1. The molecule has 0 spiro atoms. The molecule has 0 radical (unpaired) electrons. The van der Waals surface area contributed by atoms with Gasteiger partial charge in [0.2, 0.25) is 5.91 Å². The summed E-state index contributed by atoms with van der Waals surface area (Å²) in [4.78, 5) is 26.9. The van der Waals surface area contributed by atoms with Crippen LogP contribution in [0.25, 0.3) is 0 Å². The number of nitrogens with zero attached hydrogens (tertiary/aromatic N) is 1. The monoisotopic (exact) mass is 371 g/mol. The number of halogens is 1. The molecule has 3 fully saturated rings. The van der Waals surface area contributed by atoms with E-state index in [1.807, 2.05) is 0 Å². The molecule has 1 aliphatic carbocycles. The summed E-state index contributed by atoms with van der Waals surface area (Å²) >= 11 is 0. The molecule has 8 nitrogen and oxygen atoms in total. The Balaban J connectivity index is 1.53. The zero-order valence-electron chi connectivity index (χ0n) is 15.5. The molecule has 4 N–H and O–H groups in total. The topological polar surface area (TPSA) is 94.7 Å². The smallest absolute Gasteiger partial charge is 0.310 e. The highest BCUT2D eigenvalue weighted by Gasteiger charge is 2.41. The number of carbonyl (C=O) groups is 2. The molecule has 26 heavy (non-hydrogen) atoms. The minimum absolute atomic E-state index is 0.148. The zero-order valence-corrected chi connectivity index (χ0v) is 15.5. The molecule has 3 aliphatic rings. The Morgan fingerprint density at radius 2 is 2.04 bits per heavy atom. The summed E-state index contributed by atoms with van der Waals surface area (Å²) in [6.07, 6.45) is 1.24. The summed E-state index contributed by atoms with van der Waals surface area (Å²) in [6, 6.07) is -0.916. The second-order valence-corrected chi connectivity index (χ2v) is 7.61. The zero-order chi connectivity index (χ0) is 18.7. The largest absolute Gasteiger partial charge is 0.469 e. The lowest BCUT2D eigenvalue weighted by molar-refractivity contribution is -0.149. The minimum atomic E-state index is -1.02. The Bertz CT molecular complexity index is 509. The van der Waals surface area contributed by atoms with Crippen molar-refractivity contribution in [3.63, 3.8) is 0 Å². The van der Waals surface area contributed by atoms with Crippen LogP contribution in [0.4, 0.5) is 4.39 Å². The van der Waals surface area contributed by atoms with Crippen LogP contribution in [0.3, 0.4) is 0 Å². The van der Waals surface area contributed by atoms with Gasteiger partial charge in [0.1, 0.15) is 12.2 Å². The molecule has 6 atom stereocenters. The lowest BCUT2D eigenvalue weighted by Gasteiger charge is -2.38. The van der Waals surface area contributed by atoms with Gasteiger partial charge in [-0.3, -0.25) is 14.5 Å². The average Bonchev–Trinajstić information content (AvgIpc) is 3.18. The fourth-order valence-corrected chi connectivity index (χ4v) is 4.13.